The summed E-state index contributed by atoms with van der Waals surface area (Å²) < 4.78 is 47.8. The Morgan fingerprint density at radius 3 is 1.32 bits per heavy atom. The number of benzene rings is 3. The fourth-order valence-corrected chi connectivity index (χ4v) is 5.01. The Bertz CT molecular complexity index is 1540. The number of fused-ring (bicyclic) bond motifs is 6. The molecule has 8 heteroatoms. The summed E-state index contributed by atoms with van der Waals surface area (Å²) in [6.45, 7) is 0. The van der Waals surface area contributed by atoms with Crippen molar-refractivity contribution in [2.24, 2.45) is 0 Å². The number of rotatable bonds is 2. The van der Waals surface area contributed by atoms with Crippen LogP contribution in [0.3, 0.4) is 0 Å². The van der Waals surface area contributed by atoms with Crippen molar-refractivity contribution >= 4 is 63.3 Å². The van der Waals surface area contributed by atoms with Crippen molar-refractivity contribution in [3.8, 4) is 0 Å². The van der Waals surface area contributed by atoms with Gasteiger partial charge in [-0.15, -0.1) is 0 Å². The van der Waals surface area contributed by atoms with Gasteiger partial charge in [-0.05, 0) is 48.5 Å². The van der Waals surface area contributed by atoms with Crippen molar-refractivity contribution in [2.45, 2.75) is 9.79 Å². The Hall–Kier alpha value is -2.84. The van der Waals surface area contributed by atoms with Crippen LogP contribution < -0.4 is 0 Å². The molecule has 2 heterocycles. The van der Waals surface area contributed by atoms with Gasteiger partial charge in [0.2, 0.25) is 0 Å². The number of aromatic nitrogens is 2. The van der Waals surface area contributed by atoms with Gasteiger partial charge in [-0.25, -0.2) is 16.8 Å². The molecule has 5 aromatic rings. The Morgan fingerprint density at radius 2 is 0.929 bits per heavy atom. The molecule has 0 fully saturated rings. The quantitative estimate of drug-likeness (QED) is 0.461. The highest BCUT2D eigenvalue weighted by Crippen LogP contribution is 2.34. The molecule has 2 aromatic heterocycles. The summed E-state index contributed by atoms with van der Waals surface area (Å²) >= 11 is 0. The molecule has 2 N–H and O–H groups in total. The van der Waals surface area contributed by atoms with Crippen LogP contribution in [-0.4, -0.2) is 39.3 Å². The van der Waals surface area contributed by atoms with Gasteiger partial charge in [0.1, 0.15) is 0 Å². The second kappa shape index (κ2) is 5.36. The summed E-state index contributed by atoms with van der Waals surface area (Å²) in [4.78, 5) is 7.16. The van der Waals surface area contributed by atoms with E-state index in [1.54, 1.807) is 36.4 Å². The fourth-order valence-electron chi connectivity index (χ4n) is 3.71. The third-order valence-corrected chi connectivity index (χ3v) is 7.34. The lowest BCUT2D eigenvalue weighted by Crippen LogP contribution is -1.96. The zero-order valence-electron chi connectivity index (χ0n) is 15.1. The van der Waals surface area contributed by atoms with Gasteiger partial charge in [0.15, 0.2) is 19.7 Å². The van der Waals surface area contributed by atoms with E-state index in [0.717, 1.165) is 43.6 Å². The van der Waals surface area contributed by atoms with Crippen LogP contribution in [0.4, 0.5) is 0 Å². The molecule has 0 amide bonds. The molecule has 0 saturated heterocycles. The highest BCUT2D eigenvalue weighted by Gasteiger charge is 2.15. The predicted octanol–water partition coefficient (Wildman–Crippen LogP) is 3.76. The van der Waals surface area contributed by atoms with Gasteiger partial charge in [-0.3, -0.25) is 0 Å². The van der Waals surface area contributed by atoms with Crippen LogP contribution in [-0.2, 0) is 19.7 Å². The minimum absolute atomic E-state index is 0.263. The minimum atomic E-state index is -3.32. The number of nitrogens with one attached hydrogen (secondary N) is 2. The molecule has 0 aliphatic rings. The summed E-state index contributed by atoms with van der Waals surface area (Å²) in [5, 5.41) is 3.40. The number of sulfone groups is 2. The Kier molecular flexibility index (Phi) is 3.31. The molecule has 0 atom stereocenters. The number of aromatic amines is 2. The van der Waals surface area contributed by atoms with Crippen LogP contribution in [0.2, 0.25) is 0 Å². The van der Waals surface area contributed by atoms with E-state index in [1.807, 2.05) is 12.1 Å². The molecular weight excluding hydrogens is 396 g/mol. The van der Waals surface area contributed by atoms with Crippen LogP contribution in [0.5, 0.6) is 0 Å². The van der Waals surface area contributed by atoms with Crippen molar-refractivity contribution in [1.82, 2.24) is 9.97 Å². The maximum Gasteiger partial charge on any atom is 0.175 e. The first kappa shape index (κ1) is 17.3. The van der Waals surface area contributed by atoms with Gasteiger partial charge >= 0.3 is 0 Å². The van der Waals surface area contributed by atoms with Gasteiger partial charge in [0.25, 0.3) is 0 Å². The molecule has 0 spiro atoms. The zero-order valence-corrected chi connectivity index (χ0v) is 16.7. The van der Waals surface area contributed by atoms with Gasteiger partial charge in [-0.2, -0.15) is 0 Å². The van der Waals surface area contributed by atoms with Crippen LogP contribution in [0.25, 0.3) is 43.6 Å². The lowest BCUT2D eigenvalue weighted by molar-refractivity contribution is 0.600. The monoisotopic (exact) mass is 412 g/mol. The van der Waals surface area contributed by atoms with Crippen molar-refractivity contribution in [2.75, 3.05) is 12.5 Å². The lowest BCUT2D eigenvalue weighted by atomic mass is 10.1. The van der Waals surface area contributed by atoms with E-state index in [2.05, 4.69) is 9.97 Å². The van der Waals surface area contributed by atoms with Crippen LogP contribution in [0, 0.1) is 0 Å². The van der Waals surface area contributed by atoms with Gasteiger partial charge < -0.3 is 9.97 Å². The first-order valence-electron chi connectivity index (χ1n) is 8.52. The van der Waals surface area contributed by atoms with Crippen LogP contribution in [0.15, 0.2) is 58.3 Å². The van der Waals surface area contributed by atoms with Gasteiger partial charge in [0, 0.05) is 56.1 Å². The smallest absolute Gasteiger partial charge is 0.175 e. The standard InChI is InChI=1S/C20H16N2O4S2/c1-27(23,24)11-3-5-17-13(7-11)15-9-16-14-8-12(28(2,25)26)4-6-18(14)22-20(16)10-19(15)21-17/h3-10,21-22H,1-2H3. The molecule has 3 aromatic carbocycles. The van der Waals surface area contributed by atoms with Crippen LogP contribution in [0.1, 0.15) is 0 Å². The Morgan fingerprint density at radius 1 is 0.536 bits per heavy atom. The molecule has 0 unspecified atom stereocenters. The largest absolute Gasteiger partial charge is 0.354 e. The van der Waals surface area contributed by atoms with E-state index in [1.165, 1.54) is 12.5 Å². The lowest BCUT2D eigenvalue weighted by Gasteiger charge is -1.99. The maximum absolute atomic E-state index is 11.9. The van der Waals surface area contributed by atoms with E-state index in [-0.39, 0.29) is 9.79 Å². The fraction of sp³-hybridized carbons (Fsp3) is 0.100. The zero-order chi connectivity index (χ0) is 19.8. The summed E-state index contributed by atoms with van der Waals surface area (Å²) in [6.07, 6.45) is 2.38. The van der Waals surface area contributed by atoms with E-state index < -0.39 is 19.7 Å². The van der Waals surface area contributed by atoms with E-state index in [9.17, 15) is 16.8 Å². The summed E-state index contributed by atoms with van der Waals surface area (Å²) in [6, 6.07) is 14.0. The molecule has 0 bridgehead atoms. The molecule has 6 nitrogen and oxygen atoms in total. The number of H-pyrrole nitrogens is 2. The molecule has 0 aliphatic heterocycles. The Balaban J connectivity index is 1.90. The van der Waals surface area contributed by atoms with E-state index in [4.69, 9.17) is 0 Å². The molecular formula is C20H16N2O4S2. The van der Waals surface area contributed by atoms with Gasteiger partial charge in [0.05, 0.1) is 9.79 Å². The second-order valence-corrected chi connectivity index (χ2v) is 11.2. The first-order chi connectivity index (χ1) is 13.1. The minimum Gasteiger partial charge on any atom is -0.354 e. The highest BCUT2D eigenvalue weighted by atomic mass is 32.2. The van der Waals surface area contributed by atoms with Crippen molar-refractivity contribution in [3.63, 3.8) is 0 Å². The predicted molar refractivity (Wildman–Crippen MR) is 111 cm³/mol. The maximum atomic E-state index is 11.9. The molecule has 28 heavy (non-hydrogen) atoms. The topological polar surface area (TPSA) is 99.9 Å². The SMILES string of the molecule is CS(=O)(=O)c1ccc2[nH]c3cc4[nH]c5ccc(S(C)(=O)=O)cc5c4cc3c2c1. The number of hydrogen-bond donors (Lipinski definition) is 2. The molecule has 0 radical (unpaired) electrons. The highest BCUT2D eigenvalue weighted by molar-refractivity contribution is 7.91. The summed E-state index contributed by atoms with van der Waals surface area (Å²) in [7, 11) is -6.63. The average molecular weight is 412 g/mol. The van der Waals surface area contributed by atoms with Crippen molar-refractivity contribution < 1.29 is 16.8 Å². The molecule has 142 valence electrons. The van der Waals surface area contributed by atoms with E-state index in [0.29, 0.717) is 0 Å². The van der Waals surface area contributed by atoms with Gasteiger partial charge in [-0.1, -0.05) is 0 Å². The first-order valence-corrected chi connectivity index (χ1v) is 12.3. The van der Waals surface area contributed by atoms with Crippen molar-refractivity contribution in [1.29, 1.82) is 0 Å². The van der Waals surface area contributed by atoms with E-state index >= 15 is 0 Å². The molecule has 0 saturated carbocycles. The molecule has 0 aliphatic carbocycles. The summed E-state index contributed by atoms with van der Waals surface area (Å²) in [5.41, 5.74) is 3.44. The molecule has 5 rings (SSSR count). The third-order valence-electron chi connectivity index (χ3n) is 5.12. The van der Waals surface area contributed by atoms with Crippen LogP contribution >= 0.6 is 0 Å². The summed E-state index contributed by atoms with van der Waals surface area (Å²) in [5.74, 6) is 0. The Labute approximate surface area is 161 Å². The average Bonchev–Trinajstić information content (AvgIpc) is 3.14. The normalized spacial score (nSPS) is 13.2. The third kappa shape index (κ3) is 2.52. The number of hydrogen-bond acceptors (Lipinski definition) is 4. The van der Waals surface area contributed by atoms with Crippen molar-refractivity contribution in [3.05, 3.63) is 48.5 Å². The second-order valence-electron chi connectivity index (χ2n) is 7.15.